The van der Waals surface area contributed by atoms with Gasteiger partial charge in [0.2, 0.25) is 0 Å². The standard InChI is InChI=1S/C19H35N3/c1-3-5-6-7-8-9-12-21-13-10-19(11-14-21)17-22-16-18(4-2)15-20-22/h15-16,19H,3-14,17H2,1-2H3. The van der Waals surface area contributed by atoms with E-state index >= 15 is 0 Å². The Bertz CT molecular complexity index is 391. The molecule has 0 radical (unpaired) electrons. The minimum atomic E-state index is 0.824. The third-order valence-electron chi connectivity index (χ3n) is 5.08. The molecule has 0 N–H and O–H groups in total. The number of nitrogens with zero attached hydrogens (tertiary/aromatic N) is 3. The van der Waals surface area contributed by atoms with E-state index in [1.54, 1.807) is 0 Å². The van der Waals surface area contributed by atoms with Crippen LogP contribution in [0.15, 0.2) is 12.4 Å². The van der Waals surface area contributed by atoms with Crippen LogP contribution in [0.5, 0.6) is 0 Å². The van der Waals surface area contributed by atoms with Gasteiger partial charge < -0.3 is 4.90 Å². The molecule has 0 amide bonds. The smallest absolute Gasteiger partial charge is 0.0521 e. The van der Waals surface area contributed by atoms with Crippen molar-refractivity contribution in [2.45, 2.75) is 78.2 Å². The van der Waals surface area contributed by atoms with E-state index in [-0.39, 0.29) is 0 Å². The number of aryl methyl sites for hydroxylation is 1. The summed E-state index contributed by atoms with van der Waals surface area (Å²) in [6, 6.07) is 0. The van der Waals surface area contributed by atoms with Gasteiger partial charge in [0, 0.05) is 12.7 Å². The number of hydrogen-bond acceptors (Lipinski definition) is 2. The molecular weight excluding hydrogens is 270 g/mol. The predicted molar refractivity (Wildman–Crippen MR) is 94.1 cm³/mol. The van der Waals surface area contributed by atoms with Crippen molar-refractivity contribution in [2.75, 3.05) is 19.6 Å². The lowest BCUT2D eigenvalue weighted by atomic mass is 9.96. The maximum absolute atomic E-state index is 4.49. The van der Waals surface area contributed by atoms with Crippen LogP contribution in [0.1, 0.15) is 70.8 Å². The first-order valence-corrected chi connectivity index (χ1v) is 9.55. The lowest BCUT2D eigenvalue weighted by Gasteiger charge is -2.31. The van der Waals surface area contributed by atoms with Crippen molar-refractivity contribution in [3.63, 3.8) is 0 Å². The maximum Gasteiger partial charge on any atom is 0.0521 e. The fourth-order valence-corrected chi connectivity index (χ4v) is 3.46. The van der Waals surface area contributed by atoms with Gasteiger partial charge in [0.15, 0.2) is 0 Å². The van der Waals surface area contributed by atoms with Crippen LogP contribution >= 0.6 is 0 Å². The molecule has 0 spiro atoms. The minimum absolute atomic E-state index is 0.824. The highest BCUT2D eigenvalue weighted by Gasteiger charge is 2.19. The van der Waals surface area contributed by atoms with E-state index in [4.69, 9.17) is 0 Å². The summed E-state index contributed by atoms with van der Waals surface area (Å²) in [6.45, 7) is 9.51. The van der Waals surface area contributed by atoms with Crippen molar-refractivity contribution >= 4 is 0 Å². The summed E-state index contributed by atoms with van der Waals surface area (Å²) >= 11 is 0. The molecule has 22 heavy (non-hydrogen) atoms. The Kier molecular flexibility index (Phi) is 8.00. The first-order chi connectivity index (χ1) is 10.8. The molecule has 0 unspecified atom stereocenters. The Morgan fingerprint density at radius 2 is 1.77 bits per heavy atom. The Morgan fingerprint density at radius 1 is 1.05 bits per heavy atom. The van der Waals surface area contributed by atoms with Crippen molar-refractivity contribution in [3.8, 4) is 0 Å². The molecule has 1 fully saturated rings. The third kappa shape index (κ3) is 6.12. The van der Waals surface area contributed by atoms with Gasteiger partial charge in [0.05, 0.1) is 6.20 Å². The number of hydrogen-bond donors (Lipinski definition) is 0. The van der Waals surface area contributed by atoms with Crippen LogP contribution in [0.4, 0.5) is 0 Å². The summed E-state index contributed by atoms with van der Waals surface area (Å²) in [6.07, 6.45) is 16.5. The van der Waals surface area contributed by atoms with Gasteiger partial charge in [-0.15, -0.1) is 0 Å². The average Bonchev–Trinajstić information content (AvgIpc) is 3.00. The largest absolute Gasteiger partial charge is 0.303 e. The second kappa shape index (κ2) is 10.0. The summed E-state index contributed by atoms with van der Waals surface area (Å²) in [5.41, 5.74) is 1.36. The molecule has 0 atom stereocenters. The van der Waals surface area contributed by atoms with Crippen molar-refractivity contribution < 1.29 is 0 Å². The van der Waals surface area contributed by atoms with Crippen LogP contribution in [-0.2, 0) is 13.0 Å². The van der Waals surface area contributed by atoms with Gasteiger partial charge in [0.1, 0.15) is 0 Å². The van der Waals surface area contributed by atoms with Gasteiger partial charge in [-0.25, -0.2) is 0 Å². The zero-order chi connectivity index (χ0) is 15.6. The quantitative estimate of drug-likeness (QED) is 0.593. The van der Waals surface area contributed by atoms with E-state index in [9.17, 15) is 0 Å². The minimum Gasteiger partial charge on any atom is -0.303 e. The maximum atomic E-state index is 4.49. The van der Waals surface area contributed by atoms with Crippen molar-refractivity contribution in [3.05, 3.63) is 18.0 Å². The van der Waals surface area contributed by atoms with E-state index < -0.39 is 0 Å². The summed E-state index contributed by atoms with van der Waals surface area (Å²) in [7, 11) is 0. The molecule has 0 aromatic carbocycles. The SMILES string of the molecule is CCCCCCCCN1CCC(Cn2cc(CC)cn2)CC1. The van der Waals surface area contributed by atoms with E-state index in [1.807, 2.05) is 6.20 Å². The van der Waals surface area contributed by atoms with Gasteiger partial charge >= 0.3 is 0 Å². The molecular formula is C19H35N3. The molecule has 1 aliphatic rings. The lowest BCUT2D eigenvalue weighted by molar-refractivity contribution is 0.168. The predicted octanol–water partition coefficient (Wildman–Crippen LogP) is 4.52. The van der Waals surface area contributed by atoms with E-state index in [0.717, 1.165) is 18.9 Å². The molecule has 3 nitrogen and oxygen atoms in total. The van der Waals surface area contributed by atoms with Crippen LogP contribution < -0.4 is 0 Å². The Morgan fingerprint density at radius 3 is 2.45 bits per heavy atom. The molecule has 1 aromatic heterocycles. The van der Waals surface area contributed by atoms with Gasteiger partial charge in [-0.1, -0.05) is 46.0 Å². The number of likely N-dealkylation sites (tertiary alicyclic amines) is 1. The molecule has 1 saturated heterocycles. The van der Waals surface area contributed by atoms with Crippen LogP contribution in [0, 0.1) is 5.92 Å². The molecule has 1 aromatic rings. The highest BCUT2D eigenvalue weighted by Crippen LogP contribution is 2.19. The topological polar surface area (TPSA) is 21.1 Å². The van der Waals surface area contributed by atoms with E-state index in [0.29, 0.717) is 0 Å². The third-order valence-corrected chi connectivity index (χ3v) is 5.08. The van der Waals surface area contributed by atoms with E-state index in [2.05, 4.69) is 34.7 Å². The number of rotatable bonds is 10. The van der Waals surface area contributed by atoms with E-state index in [1.165, 1.54) is 76.6 Å². The number of aromatic nitrogens is 2. The first kappa shape index (κ1) is 17.5. The fourth-order valence-electron chi connectivity index (χ4n) is 3.46. The lowest BCUT2D eigenvalue weighted by Crippen LogP contribution is -2.35. The molecule has 126 valence electrons. The second-order valence-electron chi connectivity index (χ2n) is 6.98. The molecule has 0 saturated carbocycles. The second-order valence-corrected chi connectivity index (χ2v) is 6.98. The molecule has 3 heteroatoms. The van der Waals surface area contributed by atoms with Gasteiger partial charge in [-0.2, -0.15) is 5.10 Å². The van der Waals surface area contributed by atoms with Gasteiger partial charge in [-0.3, -0.25) is 4.68 Å². The average molecular weight is 306 g/mol. The van der Waals surface area contributed by atoms with Crippen LogP contribution in [-0.4, -0.2) is 34.3 Å². The van der Waals surface area contributed by atoms with Crippen LogP contribution in [0.3, 0.4) is 0 Å². The summed E-state index contributed by atoms with van der Waals surface area (Å²) < 4.78 is 2.16. The van der Waals surface area contributed by atoms with Crippen LogP contribution in [0.2, 0.25) is 0 Å². The zero-order valence-electron chi connectivity index (χ0n) is 14.8. The Hall–Kier alpha value is -0.830. The zero-order valence-corrected chi connectivity index (χ0v) is 14.8. The Labute approximate surface area is 137 Å². The molecule has 2 rings (SSSR count). The highest BCUT2D eigenvalue weighted by atomic mass is 15.3. The molecule has 1 aliphatic heterocycles. The summed E-state index contributed by atoms with van der Waals surface area (Å²) in [5, 5.41) is 4.49. The number of piperidine rings is 1. The summed E-state index contributed by atoms with van der Waals surface area (Å²) in [5.74, 6) is 0.824. The normalized spacial score (nSPS) is 17.2. The first-order valence-electron chi connectivity index (χ1n) is 9.55. The van der Waals surface area contributed by atoms with Gasteiger partial charge in [-0.05, 0) is 56.8 Å². The number of unbranched alkanes of at least 4 members (excludes halogenated alkanes) is 5. The molecule has 0 aliphatic carbocycles. The van der Waals surface area contributed by atoms with Crippen molar-refractivity contribution in [2.24, 2.45) is 5.92 Å². The Balaban J connectivity index is 1.55. The van der Waals surface area contributed by atoms with Crippen molar-refractivity contribution in [1.29, 1.82) is 0 Å². The molecule has 2 heterocycles. The van der Waals surface area contributed by atoms with Crippen molar-refractivity contribution in [1.82, 2.24) is 14.7 Å². The van der Waals surface area contributed by atoms with Gasteiger partial charge in [0.25, 0.3) is 0 Å². The summed E-state index contributed by atoms with van der Waals surface area (Å²) in [4.78, 5) is 2.68. The fraction of sp³-hybridized carbons (Fsp3) is 0.842. The highest BCUT2D eigenvalue weighted by molar-refractivity contribution is 5.02. The van der Waals surface area contributed by atoms with Crippen LogP contribution in [0.25, 0.3) is 0 Å². The molecule has 0 bridgehead atoms. The monoisotopic (exact) mass is 305 g/mol.